The summed E-state index contributed by atoms with van der Waals surface area (Å²) in [6, 6.07) is 0.146. The van der Waals surface area contributed by atoms with Crippen LogP contribution in [-0.2, 0) is 14.3 Å². The first-order chi connectivity index (χ1) is 9.08. The molecule has 2 aliphatic rings. The molecule has 0 radical (unpaired) electrons. The lowest BCUT2D eigenvalue weighted by Gasteiger charge is -2.28. The summed E-state index contributed by atoms with van der Waals surface area (Å²) in [5, 5.41) is 15.0. The van der Waals surface area contributed by atoms with Crippen LogP contribution in [0.5, 0.6) is 0 Å². The van der Waals surface area contributed by atoms with Crippen LogP contribution in [0.2, 0.25) is 0 Å². The van der Waals surface area contributed by atoms with Crippen LogP contribution >= 0.6 is 0 Å². The molecule has 0 saturated carbocycles. The van der Waals surface area contributed by atoms with E-state index in [9.17, 15) is 9.59 Å². The van der Waals surface area contributed by atoms with Gasteiger partial charge in [0.05, 0.1) is 6.61 Å². The highest BCUT2D eigenvalue weighted by Gasteiger charge is 2.34. The topological polar surface area (TPSA) is 87.7 Å². The highest BCUT2D eigenvalue weighted by molar-refractivity contribution is 5.83. The molecule has 2 heterocycles. The molecule has 2 saturated heterocycles. The van der Waals surface area contributed by atoms with E-state index in [1.165, 1.54) is 20.0 Å². The summed E-state index contributed by atoms with van der Waals surface area (Å²) >= 11 is 0. The number of aliphatic carboxylic acids is 1. The average Bonchev–Trinajstić information content (AvgIpc) is 2.68. The summed E-state index contributed by atoms with van der Waals surface area (Å²) in [5.74, 6) is -0.868. The zero-order valence-corrected chi connectivity index (χ0v) is 11.2. The lowest BCUT2D eigenvalue weighted by molar-refractivity contribution is -0.143. The van der Waals surface area contributed by atoms with Gasteiger partial charge in [-0.25, -0.2) is 4.79 Å². The number of carbonyl (C=O) groups is 2. The Balaban J connectivity index is 1.78. The summed E-state index contributed by atoms with van der Waals surface area (Å²) in [4.78, 5) is 22.8. The van der Waals surface area contributed by atoms with Gasteiger partial charge in [0.15, 0.2) is 6.04 Å². The molecule has 2 rings (SSSR count). The van der Waals surface area contributed by atoms with E-state index in [0.717, 1.165) is 12.8 Å². The number of rotatable bonds is 6. The summed E-state index contributed by atoms with van der Waals surface area (Å²) in [6.45, 7) is -0.00144. The van der Waals surface area contributed by atoms with Crippen molar-refractivity contribution < 1.29 is 19.4 Å². The molecule has 3 atom stereocenters. The Bertz CT molecular complexity index is 336. The van der Waals surface area contributed by atoms with E-state index in [4.69, 9.17) is 9.84 Å². The SMILES string of the molecule is COCC(NC(=O)CC1CC2CCC(C1)N2)C(=O)O. The van der Waals surface area contributed by atoms with Crippen molar-refractivity contribution in [3.8, 4) is 0 Å². The van der Waals surface area contributed by atoms with Gasteiger partial charge in [-0.2, -0.15) is 0 Å². The number of ether oxygens (including phenoxy) is 1. The standard InChI is InChI=1S/C13H22N2O4/c1-19-7-11(13(17)18)15-12(16)6-8-4-9-2-3-10(5-8)14-9/h8-11,14H,2-7H2,1H3,(H,15,16)(H,17,18). The number of carboxylic acids is 1. The van der Waals surface area contributed by atoms with Gasteiger partial charge in [0.1, 0.15) is 0 Å². The largest absolute Gasteiger partial charge is 0.480 e. The molecule has 1 amide bonds. The number of nitrogens with one attached hydrogen (secondary N) is 2. The summed E-state index contributed by atoms with van der Waals surface area (Å²) in [7, 11) is 1.42. The van der Waals surface area contributed by atoms with Crippen molar-refractivity contribution >= 4 is 11.9 Å². The van der Waals surface area contributed by atoms with Crippen molar-refractivity contribution in [1.82, 2.24) is 10.6 Å². The molecular formula is C13H22N2O4. The normalized spacial score (nSPS) is 30.9. The maximum absolute atomic E-state index is 11.9. The zero-order chi connectivity index (χ0) is 13.8. The van der Waals surface area contributed by atoms with Gasteiger partial charge in [-0.1, -0.05) is 0 Å². The second-order valence-electron chi connectivity index (χ2n) is 5.59. The Kier molecular flexibility index (Phi) is 4.76. The Hall–Kier alpha value is -1.14. The molecule has 0 aromatic rings. The summed E-state index contributed by atoms with van der Waals surface area (Å²) in [5.41, 5.74) is 0. The smallest absolute Gasteiger partial charge is 0.328 e. The summed E-state index contributed by atoms with van der Waals surface area (Å²) < 4.78 is 4.79. The van der Waals surface area contributed by atoms with Crippen LogP contribution in [0.25, 0.3) is 0 Å². The van der Waals surface area contributed by atoms with Crippen molar-refractivity contribution in [3.05, 3.63) is 0 Å². The van der Waals surface area contributed by atoms with Crippen molar-refractivity contribution in [2.24, 2.45) is 5.92 Å². The van der Waals surface area contributed by atoms with Crippen LogP contribution in [0.1, 0.15) is 32.1 Å². The molecule has 0 spiro atoms. The molecule has 2 bridgehead atoms. The van der Waals surface area contributed by atoms with Crippen molar-refractivity contribution in [1.29, 1.82) is 0 Å². The molecule has 6 heteroatoms. The Morgan fingerprint density at radius 3 is 2.53 bits per heavy atom. The average molecular weight is 270 g/mol. The van der Waals surface area contributed by atoms with E-state index >= 15 is 0 Å². The third-order valence-electron chi connectivity index (χ3n) is 4.01. The molecule has 0 aromatic carbocycles. The lowest BCUT2D eigenvalue weighted by Crippen LogP contribution is -2.45. The van der Waals surface area contributed by atoms with Gasteiger partial charge in [-0.3, -0.25) is 4.79 Å². The minimum absolute atomic E-state index is 0.00144. The highest BCUT2D eigenvalue weighted by Crippen LogP contribution is 2.32. The molecule has 2 aliphatic heterocycles. The number of amides is 1. The minimum atomic E-state index is -1.06. The number of fused-ring (bicyclic) bond motifs is 2. The maximum Gasteiger partial charge on any atom is 0.328 e. The molecule has 3 N–H and O–H groups in total. The fourth-order valence-corrected chi connectivity index (χ4v) is 3.20. The molecule has 2 fully saturated rings. The first kappa shape index (κ1) is 14.3. The molecule has 6 nitrogen and oxygen atoms in total. The third-order valence-corrected chi connectivity index (χ3v) is 4.01. The number of carboxylic acid groups (broad SMARTS) is 1. The van der Waals surface area contributed by atoms with Gasteiger partial charge >= 0.3 is 5.97 Å². The van der Waals surface area contributed by atoms with Crippen LogP contribution < -0.4 is 10.6 Å². The first-order valence-corrected chi connectivity index (χ1v) is 6.85. The zero-order valence-electron chi connectivity index (χ0n) is 11.2. The first-order valence-electron chi connectivity index (χ1n) is 6.85. The van der Waals surface area contributed by atoms with Crippen LogP contribution in [0.15, 0.2) is 0 Å². The Morgan fingerprint density at radius 2 is 2.00 bits per heavy atom. The van der Waals surface area contributed by atoms with Crippen molar-refractivity contribution in [2.75, 3.05) is 13.7 Å². The van der Waals surface area contributed by atoms with Crippen LogP contribution in [-0.4, -0.2) is 48.8 Å². The predicted molar refractivity (Wildman–Crippen MR) is 68.7 cm³/mol. The molecule has 0 aromatic heterocycles. The second-order valence-corrected chi connectivity index (χ2v) is 5.59. The minimum Gasteiger partial charge on any atom is -0.480 e. The van der Waals surface area contributed by atoms with Gasteiger partial charge in [-0.15, -0.1) is 0 Å². The van der Waals surface area contributed by atoms with Crippen LogP contribution in [0, 0.1) is 5.92 Å². The molecule has 19 heavy (non-hydrogen) atoms. The number of piperidine rings is 1. The number of methoxy groups -OCH3 is 1. The fourth-order valence-electron chi connectivity index (χ4n) is 3.20. The van der Waals surface area contributed by atoms with E-state index in [1.807, 2.05) is 0 Å². The predicted octanol–water partition coefficient (Wildman–Crippen LogP) is 0.123. The highest BCUT2D eigenvalue weighted by atomic mass is 16.5. The van der Waals surface area contributed by atoms with Gasteiger partial charge in [0.25, 0.3) is 0 Å². The third kappa shape index (κ3) is 3.91. The fraction of sp³-hybridized carbons (Fsp3) is 0.846. The molecule has 108 valence electrons. The second kappa shape index (κ2) is 6.34. The van der Waals surface area contributed by atoms with E-state index in [1.54, 1.807) is 0 Å². The quantitative estimate of drug-likeness (QED) is 0.638. The molecular weight excluding hydrogens is 248 g/mol. The van der Waals surface area contributed by atoms with Crippen LogP contribution in [0.4, 0.5) is 0 Å². The monoisotopic (exact) mass is 270 g/mol. The Morgan fingerprint density at radius 1 is 1.37 bits per heavy atom. The maximum atomic E-state index is 11.9. The molecule has 3 unspecified atom stereocenters. The van der Waals surface area contributed by atoms with Crippen molar-refractivity contribution in [2.45, 2.75) is 50.2 Å². The Labute approximate surface area is 112 Å². The number of carbonyl (C=O) groups excluding carboxylic acids is 1. The van der Waals surface area contributed by atoms with Gasteiger partial charge in [0, 0.05) is 25.6 Å². The van der Waals surface area contributed by atoms with Crippen LogP contribution in [0.3, 0.4) is 0 Å². The lowest BCUT2D eigenvalue weighted by atomic mass is 9.89. The van der Waals surface area contributed by atoms with E-state index in [-0.39, 0.29) is 12.5 Å². The van der Waals surface area contributed by atoms with Crippen molar-refractivity contribution in [3.63, 3.8) is 0 Å². The van der Waals surface area contributed by atoms with E-state index < -0.39 is 12.0 Å². The van der Waals surface area contributed by atoms with E-state index in [0.29, 0.717) is 24.4 Å². The summed E-state index contributed by atoms with van der Waals surface area (Å²) in [6.07, 6.45) is 4.86. The van der Waals surface area contributed by atoms with Gasteiger partial charge < -0.3 is 20.5 Å². The van der Waals surface area contributed by atoms with E-state index in [2.05, 4.69) is 10.6 Å². The number of hydrogen-bond acceptors (Lipinski definition) is 4. The van der Waals surface area contributed by atoms with Gasteiger partial charge in [0.2, 0.25) is 5.91 Å². The molecule has 0 aliphatic carbocycles. The number of hydrogen-bond donors (Lipinski definition) is 3. The van der Waals surface area contributed by atoms with Gasteiger partial charge in [-0.05, 0) is 31.6 Å².